The molecule has 2 fully saturated rings. The number of nitrogens with one attached hydrogen (secondary N) is 2. The van der Waals surface area contributed by atoms with Gasteiger partial charge in [-0.1, -0.05) is 11.6 Å². The van der Waals surface area contributed by atoms with Crippen molar-refractivity contribution in [1.29, 1.82) is 0 Å². The van der Waals surface area contributed by atoms with Gasteiger partial charge in [0.25, 0.3) is 0 Å². The molecule has 0 bridgehead atoms. The molecule has 2 unspecified atom stereocenters. The zero-order valence-electron chi connectivity index (χ0n) is 13.2. The van der Waals surface area contributed by atoms with Gasteiger partial charge in [0, 0.05) is 43.6 Å². The summed E-state index contributed by atoms with van der Waals surface area (Å²) in [6.07, 6.45) is 3.30. The maximum absolute atomic E-state index is 10.2. The quantitative estimate of drug-likeness (QED) is 0.351. The molecule has 3 N–H and O–H groups in total. The molecule has 0 amide bonds. The van der Waals surface area contributed by atoms with E-state index in [1.54, 1.807) is 7.05 Å². The second-order valence-electron chi connectivity index (χ2n) is 5.97. The molecule has 1 saturated carbocycles. The molecule has 3 rings (SSSR count). The summed E-state index contributed by atoms with van der Waals surface area (Å²) in [5, 5.41) is 16.8. The zero-order chi connectivity index (χ0) is 15.5. The summed E-state index contributed by atoms with van der Waals surface area (Å²) >= 11 is 7.31. The van der Waals surface area contributed by atoms with Gasteiger partial charge < -0.3 is 15.7 Å². The maximum Gasteiger partial charge on any atom is 0.191 e. The van der Waals surface area contributed by atoms with Crippen LogP contribution >= 0.6 is 46.9 Å². The van der Waals surface area contributed by atoms with E-state index in [-0.39, 0.29) is 24.0 Å². The molecule has 2 heterocycles. The Morgan fingerprint density at radius 2 is 2.26 bits per heavy atom. The molecule has 1 aromatic rings. The number of rotatable bonds is 5. The van der Waals surface area contributed by atoms with Crippen molar-refractivity contribution in [2.24, 2.45) is 4.99 Å². The van der Waals surface area contributed by atoms with Gasteiger partial charge in [-0.25, -0.2) is 0 Å². The molecule has 0 aromatic carbocycles. The fourth-order valence-electron chi connectivity index (χ4n) is 2.87. The molecule has 23 heavy (non-hydrogen) atoms. The topological polar surface area (TPSA) is 59.9 Å². The molecular weight excluding hydrogens is 447 g/mol. The van der Waals surface area contributed by atoms with Crippen molar-refractivity contribution in [3.8, 4) is 0 Å². The summed E-state index contributed by atoms with van der Waals surface area (Å²) < 4.78 is 0.697. The Labute approximate surface area is 163 Å². The Hall–Kier alpha value is -0.0900. The standard InChI is InChI=1S/C15H23ClN4OS.HI/c1-17-15(18-8-12(21)13-4-5-14(16)22-13)19-10-6-7-20(9-10)11-2-3-11;/h4-5,10-12,21H,2-3,6-9H2,1H3,(H2,17,18,19);1H. The number of guanidine groups is 1. The van der Waals surface area contributed by atoms with Crippen molar-refractivity contribution in [2.45, 2.75) is 37.5 Å². The Morgan fingerprint density at radius 3 is 2.87 bits per heavy atom. The molecule has 2 atom stereocenters. The first-order valence-corrected chi connectivity index (χ1v) is 8.99. The van der Waals surface area contributed by atoms with Gasteiger partial charge in [0.05, 0.1) is 4.34 Å². The number of halogens is 2. The largest absolute Gasteiger partial charge is 0.386 e. The van der Waals surface area contributed by atoms with Crippen molar-refractivity contribution >= 4 is 52.9 Å². The van der Waals surface area contributed by atoms with E-state index in [0.717, 1.165) is 29.8 Å². The number of aliphatic hydroxyl groups is 1. The lowest BCUT2D eigenvalue weighted by atomic mass is 10.2. The molecule has 1 aromatic heterocycles. The second kappa shape index (κ2) is 8.84. The van der Waals surface area contributed by atoms with Crippen LogP contribution in [-0.2, 0) is 0 Å². The van der Waals surface area contributed by atoms with Crippen molar-refractivity contribution in [1.82, 2.24) is 15.5 Å². The fraction of sp³-hybridized carbons (Fsp3) is 0.667. The van der Waals surface area contributed by atoms with Gasteiger partial charge in [0.15, 0.2) is 5.96 Å². The predicted octanol–water partition coefficient (Wildman–Crippen LogP) is 2.45. The molecule has 8 heteroatoms. The first kappa shape index (κ1) is 19.2. The number of aliphatic imine (C=N–C) groups is 1. The number of hydrogen-bond donors (Lipinski definition) is 3. The highest BCUT2D eigenvalue weighted by Gasteiger charge is 2.34. The zero-order valence-corrected chi connectivity index (χ0v) is 17.1. The van der Waals surface area contributed by atoms with Gasteiger partial charge in [-0.15, -0.1) is 35.3 Å². The van der Waals surface area contributed by atoms with Crippen LogP contribution in [-0.4, -0.2) is 54.7 Å². The van der Waals surface area contributed by atoms with E-state index in [4.69, 9.17) is 11.6 Å². The number of nitrogens with zero attached hydrogens (tertiary/aromatic N) is 2. The Morgan fingerprint density at radius 1 is 1.48 bits per heavy atom. The summed E-state index contributed by atoms with van der Waals surface area (Å²) in [4.78, 5) is 7.68. The van der Waals surface area contributed by atoms with E-state index in [1.165, 1.54) is 30.7 Å². The minimum atomic E-state index is -0.567. The summed E-state index contributed by atoms with van der Waals surface area (Å²) in [6.45, 7) is 2.69. The first-order valence-electron chi connectivity index (χ1n) is 7.80. The highest BCUT2D eigenvalue weighted by atomic mass is 127. The van der Waals surface area contributed by atoms with E-state index in [1.807, 2.05) is 12.1 Å². The predicted molar refractivity (Wildman–Crippen MR) is 107 cm³/mol. The maximum atomic E-state index is 10.2. The highest BCUT2D eigenvalue weighted by molar-refractivity contribution is 14.0. The smallest absolute Gasteiger partial charge is 0.191 e. The lowest BCUT2D eigenvalue weighted by molar-refractivity contribution is 0.184. The van der Waals surface area contributed by atoms with Crippen LogP contribution in [0.5, 0.6) is 0 Å². The molecule has 1 aliphatic heterocycles. The summed E-state index contributed by atoms with van der Waals surface area (Å²) in [5.74, 6) is 0.754. The molecule has 130 valence electrons. The third-order valence-corrected chi connectivity index (χ3v) is 5.57. The summed E-state index contributed by atoms with van der Waals surface area (Å²) in [7, 11) is 1.76. The average molecular weight is 471 g/mol. The summed E-state index contributed by atoms with van der Waals surface area (Å²) in [6, 6.07) is 4.94. The number of aliphatic hydroxyl groups excluding tert-OH is 1. The molecule has 1 saturated heterocycles. The van der Waals surface area contributed by atoms with Gasteiger partial charge in [-0.05, 0) is 31.4 Å². The normalized spacial score (nSPS) is 23.4. The van der Waals surface area contributed by atoms with E-state index < -0.39 is 6.10 Å². The van der Waals surface area contributed by atoms with Crippen LogP contribution < -0.4 is 10.6 Å². The second-order valence-corrected chi connectivity index (χ2v) is 7.71. The fourth-order valence-corrected chi connectivity index (χ4v) is 3.91. The highest BCUT2D eigenvalue weighted by Crippen LogP contribution is 2.29. The molecule has 5 nitrogen and oxygen atoms in total. The van der Waals surface area contributed by atoms with Crippen LogP contribution in [0.2, 0.25) is 4.34 Å². The Bertz CT molecular complexity index is 537. The van der Waals surface area contributed by atoms with Gasteiger partial charge in [-0.2, -0.15) is 0 Å². The number of thiophene rings is 1. The van der Waals surface area contributed by atoms with Crippen molar-refractivity contribution in [3.63, 3.8) is 0 Å². The van der Waals surface area contributed by atoms with E-state index in [2.05, 4.69) is 20.5 Å². The lowest BCUT2D eigenvalue weighted by Gasteiger charge is -2.19. The van der Waals surface area contributed by atoms with E-state index >= 15 is 0 Å². The molecule has 0 spiro atoms. The minimum Gasteiger partial charge on any atom is -0.386 e. The SMILES string of the molecule is CN=C(NCC(O)c1ccc(Cl)s1)NC1CCN(C2CC2)C1.I. The van der Waals surface area contributed by atoms with E-state index in [9.17, 15) is 5.11 Å². The van der Waals surface area contributed by atoms with Gasteiger partial charge in [0.1, 0.15) is 6.10 Å². The Kier molecular flexibility index (Phi) is 7.40. The van der Waals surface area contributed by atoms with Crippen molar-refractivity contribution in [2.75, 3.05) is 26.7 Å². The number of likely N-dealkylation sites (tertiary alicyclic amines) is 1. The van der Waals surface area contributed by atoms with Crippen molar-refractivity contribution < 1.29 is 5.11 Å². The van der Waals surface area contributed by atoms with Gasteiger partial charge >= 0.3 is 0 Å². The minimum absolute atomic E-state index is 0. The van der Waals surface area contributed by atoms with Crippen LogP contribution in [0.4, 0.5) is 0 Å². The molecule has 1 aliphatic carbocycles. The third kappa shape index (κ3) is 5.45. The van der Waals surface area contributed by atoms with Crippen molar-refractivity contribution in [3.05, 3.63) is 21.3 Å². The monoisotopic (exact) mass is 470 g/mol. The number of hydrogen-bond acceptors (Lipinski definition) is 4. The Balaban J connectivity index is 0.00000192. The van der Waals surface area contributed by atoms with Crippen LogP contribution in [0.3, 0.4) is 0 Å². The lowest BCUT2D eigenvalue weighted by Crippen LogP contribution is -2.45. The average Bonchev–Trinajstić information content (AvgIpc) is 3.11. The van der Waals surface area contributed by atoms with Crippen LogP contribution in [0.1, 0.15) is 30.2 Å². The van der Waals surface area contributed by atoms with Gasteiger partial charge in [-0.3, -0.25) is 9.89 Å². The third-order valence-electron chi connectivity index (χ3n) is 4.23. The van der Waals surface area contributed by atoms with Crippen LogP contribution in [0.15, 0.2) is 17.1 Å². The van der Waals surface area contributed by atoms with Crippen LogP contribution in [0, 0.1) is 0 Å². The van der Waals surface area contributed by atoms with Crippen LogP contribution in [0.25, 0.3) is 0 Å². The van der Waals surface area contributed by atoms with Gasteiger partial charge in [0.2, 0.25) is 0 Å². The molecular formula is C15H24ClIN4OS. The molecule has 0 radical (unpaired) electrons. The molecule has 2 aliphatic rings. The summed E-state index contributed by atoms with van der Waals surface area (Å²) in [5.41, 5.74) is 0. The first-order chi connectivity index (χ1) is 10.7. The van der Waals surface area contributed by atoms with E-state index in [0.29, 0.717) is 16.9 Å².